The molecule has 104 valence electrons. The molecule has 0 heterocycles. The Kier molecular flexibility index (Phi) is 4.35. The number of benzene rings is 1. The quantitative estimate of drug-likeness (QED) is 0.870. The van der Waals surface area contributed by atoms with Gasteiger partial charge in [-0.3, -0.25) is 4.79 Å². The van der Waals surface area contributed by atoms with Crippen molar-refractivity contribution in [2.75, 3.05) is 0 Å². The van der Waals surface area contributed by atoms with Crippen molar-refractivity contribution in [3.63, 3.8) is 0 Å². The van der Waals surface area contributed by atoms with Crippen molar-refractivity contribution in [3.8, 4) is 5.75 Å². The zero-order chi connectivity index (χ0) is 14.0. The Morgan fingerprint density at radius 2 is 1.89 bits per heavy atom. The molecular formula is C15H20ClNO2. The van der Waals surface area contributed by atoms with E-state index in [-0.39, 0.29) is 22.7 Å². The lowest BCUT2D eigenvalue weighted by atomic mass is 9.80. The largest absolute Gasteiger partial charge is 0.506 e. The fourth-order valence-corrected chi connectivity index (χ4v) is 3.16. The van der Waals surface area contributed by atoms with Crippen molar-refractivity contribution in [1.82, 2.24) is 5.32 Å². The fraction of sp³-hybridized carbons (Fsp3) is 0.533. The maximum atomic E-state index is 12.1. The average Bonchev–Trinajstić information content (AvgIpc) is 2.31. The molecule has 0 aromatic heterocycles. The second-order valence-corrected chi connectivity index (χ2v) is 6.16. The van der Waals surface area contributed by atoms with Crippen LogP contribution in [0.2, 0.25) is 5.02 Å². The first kappa shape index (κ1) is 14.2. The molecule has 1 aliphatic carbocycles. The maximum Gasteiger partial charge on any atom is 0.251 e. The standard InChI is InChI=1S/C15H20ClNO2/c1-9-5-10(2)7-12(6-9)17-15(19)11-3-4-14(18)13(16)8-11/h3-4,8-10,12,18H,5-7H2,1-2H3,(H,17,19). The number of halogens is 1. The third-order valence-corrected chi connectivity index (χ3v) is 4.03. The van der Waals surface area contributed by atoms with Gasteiger partial charge in [0.15, 0.2) is 0 Å². The summed E-state index contributed by atoms with van der Waals surface area (Å²) in [5.41, 5.74) is 0.494. The van der Waals surface area contributed by atoms with Crippen LogP contribution in [0, 0.1) is 11.8 Å². The highest BCUT2D eigenvalue weighted by Crippen LogP contribution is 2.29. The minimum Gasteiger partial charge on any atom is -0.506 e. The third kappa shape index (κ3) is 3.63. The molecule has 1 amide bonds. The molecule has 0 radical (unpaired) electrons. The predicted molar refractivity (Wildman–Crippen MR) is 76.6 cm³/mol. The number of hydrogen-bond acceptors (Lipinski definition) is 2. The van der Waals surface area contributed by atoms with E-state index < -0.39 is 0 Å². The van der Waals surface area contributed by atoms with E-state index in [4.69, 9.17) is 11.6 Å². The molecule has 0 aliphatic heterocycles. The number of rotatable bonds is 2. The molecule has 19 heavy (non-hydrogen) atoms. The van der Waals surface area contributed by atoms with Gasteiger partial charge < -0.3 is 10.4 Å². The lowest BCUT2D eigenvalue weighted by molar-refractivity contribution is 0.0911. The summed E-state index contributed by atoms with van der Waals surface area (Å²) >= 11 is 5.82. The van der Waals surface area contributed by atoms with Crippen molar-refractivity contribution in [2.45, 2.75) is 39.2 Å². The Morgan fingerprint density at radius 3 is 2.47 bits per heavy atom. The van der Waals surface area contributed by atoms with Crippen LogP contribution in [0.3, 0.4) is 0 Å². The molecule has 0 spiro atoms. The number of aromatic hydroxyl groups is 1. The van der Waals surface area contributed by atoms with Gasteiger partial charge in [0.1, 0.15) is 5.75 Å². The fourth-order valence-electron chi connectivity index (χ4n) is 2.98. The summed E-state index contributed by atoms with van der Waals surface area (Å²) in [6, 6.07) is 4.77. The number of hydrogen-bond donors (Lipinski definition) is 2. The Bertz CT molecular complexity index is 465. The molecule has 1 saturated carbocycles. The number of phenolic OH excluding ortho intramolecular Hbond substituents is 1. The van der Waals surface area contributed by atoms with Crippen LogP contribution in [0.15, 0.2) is 18.2 Å². The molecule has 3 nitrogen and oxygen atoms in total. The summed E-state index contributed by atoms with van der Waals surface area (Å²) in [6.07, 6.45) is 3.29. The number of carbonyl (C=O) groups is 1. The Hall–Kier alpha value is -1.22. The normalized spacial score (nSPS) is 27.0. The Morgan fingerprint density at radius 1 is 1.26 bits per heavy atom. The van der Waals surface area contributed by atoms with Gasteiger partial charge in [-0.25, -0.2) is 0 Å². The van der Waals surface area contributed by atoms with E-state index in [9.17, 15) is 9.90 Å². The van der Waals surface area contributed by atoms with Crippen LogP contribution in [0.4, 0.5) is 0 Å². The van der Waals surface area contributed by atoms with Gasteiger partial charge >= 0.3 is 0 Å². The van der Waals surface area contributed by atoms with E-state index in [0.717, 1.165) is 12.8 Å². The van der Waals surface area contributed by atoms with Crippen molar-refractivity contribution in [2.24, 2.45) is 11.8 Å². The average molecular weight is 282 g/mol. The van der Waals surface area contributed by atoms with E-state index >= 15 is 0 Å². The predicted octanol–water partition coefficient (Wildman–Crippen LogP) is 3.60. The number of nitrogens with one attached hydrogen (secondary N) is 1. The van der Waals surface area contributed by atoms with Gasteiger partial charge in [0, 0.05) is 11.6 Å². The van der Waals surface area contributed by atoms with E-state index in [2.05, 4.69) is 19.2 Å². The highest BCUT2D eigenvalue weighted by atomic mass is 35.5. The van der Waals surface area contributed by atoms with Gasteiger partial charge in [-0.2, -0.15) is 0 Å². The summed E-state index contributed by atoms with van der Waals surface area (Å²) < 4.78 is 0. The summed E-state index contributed by atoms with van der Waals surface area (Å²) in [7, 11) is 0. The highest BCUT2D eigenvalue weighted by Gasteiger charge is 2.25. The molecule has 1 aliphatic rings. The molecule has 4 heteroatoms. The smallest absolute Gasteiger partial charge is 0.251 e. The molecule has 2 N–H and O–H groups in total. The molecule has 0 bridgehead atoms. The van der Waals surface area contributed by atoms with Crippen LogP contribution >= 0.6 is 11.6 Å². The van der Waals surface area contributed by atoms with Crippen molar-refractivity contribution < 1.29 is 9.90 Å². The first-order chi connectivity index (χ1) is 8.95. The van der Waals surface area contributed by atoms with Crippen LogP contribution in [0.1, 0.15) is 43.5 Å². The lowest BCUT2D eigenvalue weighted by Crippen LogP contribution is -2.40. The number of phenols is 1. The van der Waals surface area contributed by atoms with Crippen LogP contribution < -0.4 is 5.32 Å². The van der Waals surface area contributed by atoms with E-state index in [0.29, 0.717) is 17.4 Å². The van der Waals surface area contributed by atoms with Gasteiger partial charge in [-0.05, 0) is 49.3 Å². The SMILES string of the molecule is CC1CC(C)CC(NC(=O)c2ccc(O)c(Cl)c2)C1. The monoisotopic (exact) mass is 281 g/mol. The topological polar surface area (TPSA) is 49.3 Å². The van der Waals surface area contributed by atoms with Gasteiger partial charge in [0.2, 0.25) is 0 Å². The minimum atomic E-state index is -0.117. The maximum absolute atomic E-state index is 12.1. The summed E-state index contributed by atoms with van der Waals surface area (Å²) in [5, 5.41) is 12.6. The lowest BCUT2D eigenvalue weighted by Gasteiger charge is -2.32. The Labute approximate surface area is 119 Å². The van der Waals surface area contributed by atoms with Gasteiger partial charge in [-0.1, -0.05) is 25.4 Å². The second kappa shape index (κ2) is 5.83. The molecule has 1 aromatic rings. The van der Waals surface area contributed by atoms with Crippen LogP contribution in [-0.2, 0) is 0 Å². The first-order valence-electron chi connectivity index (χ1n) is 6.75. The molecule has 0 saturated heterocycles. The van der Waals surface area contributed by atoms with E-state index in [1.807, 2.05) is 0 Å². The second-order valence-electron chi connectivity index (χ2n) is 5.75. The van der Waals surface area contributed by atoms with Crippen molar-refractivity contribution in [3.05, 3.63) is 28.8 Å². The van der Waals surface area contributed by atoms with Crippen molar-refractivity contribution in [1.29, 1.82) is 0 Å². The highest BCUT2D eigenvalue weighted by molar-refractivity contribution is 6.32. The van der Waals surface area contributed by atoms with Crippen molar-refractivity contribution >= 4 is 17.5 Å². The Balaban J connectivity index is 2.02. The molecule has 2 atom stereocenters. The van der Waals surface area contributed by atoms with E-state index in [1.54, 1.807) is 6.07 Å². The summed E-state index contributed by atoms with van der Waals surface area (Å²) in [6.45, 7) is 4.46. The number of carbonyl (C=O) groups excluding carboxylic acids is 1. The number of amides is 1. The minimum absolute atomic E-state index is 0.00173. The summed E-state index contributed by atoms with van der Waals surface area (Å²) in [4.78, 5) is 12.1. The molecular weight excluding hydrogens is 262 g/mol. The zero-order valence-electron chi connectivity index (χ0n) is 11.3. The van der Waals surface area contributed by atoms with E-state index in [1.165, 1.54) is 18.6 Å². The molecule has 2 unspecified atom stereocenters. The molecule has 1 aromatic carbocycles. The zero-order valence-corrected chi connectivity index (χ0v) is 12.1. The van der Waals surface area contributed by atoms with Crippen LogP contribution in [0.25, 0.3) is 0 Å². The van der Waals surface area contributed by atoms with Crippen LogP contribution in [-0.4, -0.2) is 17.1 Å². The third-order valence-electron chi connectivity index (χ3n) is 3.72. The molecule has 1 fully saturated rings. The van der Waals surface area contributed by atoms with Gasteiger partial charge in [0.25, 0.3) is 5.91 Å². The summed E-state index contributed by atoms with van der Waals surface area (Å²) in [5.74, 6) is 1.18. The van der Waals surface area contributed by atoms with Gasteiger partial charge in [0.05, 0.1) is 5.02 Å². The molecule has 2 rings (SSSR count). The van der Waals surface area contributed by atoms with Gasteiger partial charge in [-0.15, -0.1) is 0 Å². The van der Waals surface area contributed by atoms with Crippen LogP contribution in [0.5, 0.6) is 5.75 Å². The first-order valence-corrected chi connectivity index (χ1v) is 7.13.